The monoisotopic (exact) mass is 1260 g/mol. The Hall–Kier alpha value is -3.87. The highest BCUT2D eigenvalue weighted by Crippen LogP contribution is 2.30. The summed E-state index contributed by atoms with van der Waals surface area (Å²) >= 11 is 0. The lowest BCUT2D eigenvalue weighted by Crippen LogP contribution is -2.65. The Bertz CT molecular complexity index is 2020. The average molecular weight is 1260 g/mol. The van der Waals surface area contributed by atoms with E-state index in [1.54, 1.807) is 6.08 Å². The van der Waals surface area contributed by atoms with Crippen LogP contribution in [0.4, 0.5) is 0 Å². The maximum atomic E-state index is 13.3. The number of aliphatic hydroxyl groups is 8. The minimum absolute atomic E-state index is 0.258. The zero-order chi connectivity index (χ0) is 65.2. The topological polar surface area (TPSA) is 228 Å². The third-order valence-corrected chi connectivity index (χ3v) is 16.3. The number of rotatable bonds is 56. The molecule has 0 saturated carbocycles. The fourth-order valence-corrected chi connectivity index (χ4v) is 10.7. The van der Waals surface area contributed by atoms with Gasteiger partial charge in [-0.1, -0.05) is 263 Å². The van der Waals surface area contributed by atoms with Gasteiger partial charge in [-0.3, -0.25) is 4.79 Å². The first-order chi connectivity index (χ1) is 44.1. The first kappa shape index (κ1) is 82.2. The minimum Gasteiger partial charge on any atom is -0.394 e. The lowest BCUT2D eigenvalue weighted by atomic mass is 9.97. The summed E-state index contributed by atoms with van der Waals surface area (Å²) in [6, 6.07) is -0.946. The molecule has 9 N–H and O–H groups in total. The number of hydrogen-bond donors (Lipinski definition) is 9. The summed E-state index contributed by atoms with van der Waals surface area (Å²) in [5.74, 6) is -0.258. The Morgan fingerprint density at radius 2 is 0.778 bits per heavy atom. The summed E-state index contributed by atoms with van der Waals surface area (Å²) in [7, 11) is 0. The highest BCUT2D eigenvalue weighted by atomic mass is 16.7. The van der Waals surface area contributed by atoms with E-state index in [-0.39, 0.29) is 18.9 Å². The molecule has 14 heteroatoms. The number of amides is 1. The van der Waals surface area contributed by atoms with Crippen LogP contribution in [0.5, 0.6) is 0 Å². The molecule has 0 spiro atoms. The summed E-state index contributed by atoms with van der Waals surface area (Å²) in [4.78, 5) is 13.3. The van der Waals surface area contributed by atoms with Crippen LogP contribution in [0.25, 0.3) is 0 Å². The molecule has 2 aliphatic heterocycles. The molecular formula is C76H127NO13. The molecule has 90 heavy (non-hydrogen) atoms. The van der Waals surface area contributed by atoms with Crippen molar-refractivity contribution >= 4 is 5.91 Å². The number of unbranched alkanes of at least 4 members (excludes halogenated alkanes) is 23. The SMILES string of the molecule is CC/C=C\C/C=C\C/C=C\C/C=C\C/C=C\C/C=C\C/C=C\C/C=C\CCCCCCCCCCCCCCCCC(=O)NC(COC1OC(CO)C(OC2OC(CO)C(O)C(O)C2O)C(O)C1O)C(O)/C=C/CC/C=C/CC/C=C/CCCCCCCCC. The van der Waals surface area contributed by atoms with Gasteiger partial charge in [-0.2, -0.15) is 0 Å². The highest BCUT2D eigenvalue weighted by Gasteiger charge is 2.51. The second kappa shape index (κ2) is 58.9. The second-order valence-electron chi connectivity index (χ2n) is 24.3. The number of allylic oxidation sites excluding steroid dienone is 21. The molecule has 14 nitrogen and oxygen atoms in total. The van der Waals surface area contributed by atoms with E-state index in [1.165, 1.54) is 109 Å². The molecule has 1 amide bonds. The smallest absolute Gasteiger partial charge is 0.220 e. The molecule has 2 saturated heterocycles. The van der Waals surface area contributed by atoms with E-state index in [1.807, 2.05) is 6.08 Å². The number of aliphatic hydroxyl groups excluding tert-OH is 8. The lowest BCUT2D eigenvalue weighted by molar-refractivity contribution is -0.359. The first-order valence-corrected chi connectivity index (χ1v) is 35.4. The van der Waals surface area contributed by atoms with Crippen LogP contribution >= 0.6 is 0 Å². The van der Waals surface area contributed by atoms with Gasteiger partial charge < -0.3 is 65.1 Å². The molecular weight excluding hydrogens is 1130 g/mol. The average Bonchev–Trinajstić information content (AvgIpc) is 1.04. The van der Waals surface area contributed by atoms with E-state index in [9.17, 15) is 45.6 Å². The van der Waals surface area contributed by atoms with Crippen molar-refractivity contribution in [3.05, 3.63) is 134 Å². The molecule has 0 radical (unpaired) electrons. The van der Waals surface area contributed by atoms with E-state index in [0.29, 0.717) is 12.8 Å². The van der Waals surface area contributed by atoms with Gasteiger partial charge in [0.05, 0.1) is 32.0 Å². The van der Waals surface area contributed by atoms with Gasteiger partial charge in [0, 0.05) is 6.42 Å². The fraction of sp³-hybridized carbons (Fsp3) is 0.697. The molecule has 2 fully saturated rings. The van der Waals surface area contributed by atoms with Crippen molar-refractivity contribution < 1.29 is 64.6 Å². The van der Waals surface area contributed by atoms with Gasteiger partial charge in [-0.05, 0) is 109 Å². The van der Waals surface area contributed by atoms with Crippen LogP contribution in [0.3, 0.4) is 0 Å². The second-order valence-corrected chi connectivity index (χ2v) is 24.3. The predicted octanol–water partition coefficient (Wildman–Crippen LogP) is 14.7. The molecule has 12 unspecified atom stereocenters. The molecule has 2 aliphatic rings. The number of carbonyl (C=O) groups is 1. The Kier molecular flexibility index (Phi) is 53.8. The van der Waals surface area contributed by atoms with Gasteiger partial charge in [0.15, 0.2) is 12.6 Å². The zero-order valence-corrected chi connectivity index (χ0v) is 55.8. The number of carbonyl (C=O) groups excluding carboxylic acids is 1. The van der Waals surface area contributed by atoms with E-state index >= 15 is 0 Å². The Labute approximate surface area is 545 Å². The maximum Gasteiger partial charge on any atom is 0.220 e. The van der Waals surface area contributed by atoms with Crippen LogP contribution in [-0.4, -0.2) is 140 Å². The van der Waals surface area contributed by atoms with E-state index in [4.69, 9.17) is 18.9 Å². The van der Waals surface area contributed by atoms with Crippen LogP contribution in [0, 0.1) is 0 Å². The zero-order valence-electron chi connectivity index (χ0n) is 55.8. The van der Waals surface area contributed by atoms with E-state index in [0.717, 1.165) is 103 Å². The number of hydrogen-bond acceptors (Lipinski definition) is 13. The summed E-state index contributed by atoms with van der Waals surface area (Å²) in [6.45, 7) is 2.65. The first-order valence-electron chi connectivity index (χ1n) is 35.4. The quantitative estimate of drug-likeness (QED) is 0.0204. The summed E-state index contributed by atoms with van der Waals surface area (Å²) < 4.78 is 22.8. The Morgan fingerprint density at radius 3 is 1.22 bits per heavy atom. The molecule has 514 valence electrons. The molecule has 2 rings (SSSR count). The van der Waals surface area contributed by atoms with Crippen LogP contribution < -0.4 is 5.32 Å². The van der Waals surface area contributed by atoms with Crippen LogP contribution in [0.1, 0.15) is 245 Å². The van der Waals surface area contributed by atoms with Crippen molar-refractivity contribution in [2.45, 2.75) is 319 Å². The normalized spacial score (nSPS) is 23.8. The molecule has 0 bridgehead atoms. The highest BCUT2D eigenvalue weighted by molar-refractivity contribution is 5.76. The summed E-state index contributed by atoms with van der Waals surface area (Å²) in [5, 5.41) is 87.3. The van der Waals surface area contributed by atoms with Crippen molar-refractivity contribution in [1.29, 1.82) is 0 Å². The van der Waals surface area contributed by atoms with Crippen LogP contribution in [0.15, 0.2) is 134 Å². The Balaban J connectivity index is 1.63. The fourth-order valence-electron chi connectivity index (χ4n) is 10.7. The number of ether oxygens (including phenoxy) is 4. The van der Waals surface area contributed by atoms with Crippen molar-refractivity contribution in [1.82, 2.24) is 5.32 Å². The molecule has 0 aromatic rings. The molecule has 2 heterocycles. The predicted molar refractivity (Wildman–Crippen MR) is 368 cm³/mol. The van der Waals surface area contributed by atoms with Gasteiger partial charge in [0.1, 0.15) is 48.8 Å². The van der Waals surface area contributed by atoms with Crippen LogP contribution in [0.2, 0.25) is 0 Å². The van der Waals surface area contributed by atoms with Crippen LogP contribution in [-0.2, 0) is 23.7 Å². The molecule has 0 aromatic carbocycles. The van der Waals surface area contributed by atoms with E-state index in [2.05, 4.69) is 141 Å². The number of nitrogens with one attached hydrogen (secondary N) is 1. The van der Waals surface area contributed by atoms with Crippen molar-refractivity contribution in [3.63, 3.8) is 0 Å². The van der Waals surface area contributed by atoms with Gasteiger partial charge in [0.25, 0.3) is 0 Å². The summed E-state index contributed by atoms with van der Waals surface area (Å²) in [6.07, 6.45) is 70.8. The van der Waals surface area contributed by atoms with Gasteiger partial charge in [0.2, 0.25) is 5.91 Å². The van der Waals surface area contributed by atoms with Crippen molar-refractivity contribution in [2.24, 2.45) is 0 Å². The molecule has 0 aliphatic carbocycles. The van der Waals surface area contributed by atoms with Gasteiger partial charge >= 0.3 is 0 Å². The standard InChI is InChI=1S/C76H127NO13/c1-3-5-7-9-11-13-15-17-19-21-22-23-24-25-26-27-28-29-30-31-32-33-34-35-36-37-38-39-40-41-42-44-46-48-50-52-54-56-58-60-68(81)77-64(65(80)59-57-55-53-51-49-47-45-43-20-18-16-14-12-10-8-6-4-2)63-87-75-73(86)71(84)74(67(62-79)89-75)90-76-72(85)70(83)69(82)66(61-78)88-76/h5,7,11,13,17,19-20,22-23,25-26,28-29,31-32,34-35,43,49,51,57,59,64-67,69-76,78-80,82-86H,3-4,6,8-10,12,14-16,18,21,24,27,30,33,36-42,44-48,50,52-56,58,60-63H2,1-2H3,(H,77,81)/b7-5-,13-11-,19-17-,23-22-,26-25-,29-28-,32-31-,35-34-,43-20+,51-49+,59-57+. The minimum atomic E-state index is -1.80. The maximum absolute atomic E-state index is 13.3. The third-order valence-electron chi connectivity index (χ3n) is 16.3. The third kappa shape index (κ3) is 42.4. The molecule has 0 aromatic heterocycles. The van der Waals surface area contributed by atoms with E-state index < -0.39 is 86.8 Å². The lowest BCUT2D eigenvalue weighted by Gasteiger charge is -2.46. The largest absolute Gasteiger partial charge is 0.394 e. The summed E-state index contributed by atoms with van der Waals surface area (Å²) in [5.41, 5.74) is 0. The van der Waals surface area contributed by atoms with Gasteiger partial charge in [-0.25, -0.2) is 0 Å². The Morgan fingerprint density at radius 1 is 0.411 bits per heavy atom. The van der Waals surface area contributed by atoms with Crippen molar-refractivity contribution in [2.75, 3.05) is 19.8 Å². The van der Waals surface area contributed by atoms with Crippen molar-refractivity contribution in [3.8, 4) is 0 Å². The van der Waals surface area contributed by atoms with Gasteiger partial charge in [-0.15, -0.1) is 0 Å². The molecule has 12 atom stereocenters.